The maximum absolute atomic E-state index is 2.21. The molecule has 16 heavy (non-hydrogen) atoms. The maximum Gasteiger partial charge on any atom is 4.00 e. The molecule has 0 heterocycles. The Balaban J connectivity index is -0.0000000638. The molecule has 0 bridgehead atoms. The monoisotopic (exact) mass is 309 g/mol. The molecular formula is C14H23SiZr. The average Bonchev–Trinajstić information content (AvgIpc) is 2.85. The molecule has 0 nitrogen and oxygen atoms in total. The largest absolute Gasteiger partial charge is 4.00 e. The molecule has 0 unspecified atom stereocenters. The van der Waals surface area contributed by atoms with E-state index in [0.29, 0.717) is 0 Å². The van der Waals surface area contributed by atoms with Crippen LogP contribution in [-0.4, -0.2) is 9.52 Å². The fraction of sp³-hybridized carbons (Fsp3) is 0.143. The SMILES string of the molecule is C[SiH]C.[CH3-].[CH3-].[Zr+4].c1cc[cH-]c1.c1cc[cH-]c1. The Labute approximate surface area is 124 Å². The topological polar surface area (TPSA) is 0 Å². The van der Waals surface area contributed by atoms with Crippen molar-refractivity contribution in [1.82, 2.24) is 0 Å². The summed E-state index contributed by atoms with van der Waals surface area (Å²) in [5.41, 5.74) is 0. The molecule has 2 aromatic carbocycles. The summed E-state index contributed by atoms with van der Waals surface area (Å²) >= 11 is 0. The van der Waals surface area contributed by atoms with E-state index in [2.05, 4.69) is 13.1 Å². The van der Waals surface area contributed by atoms with Crippen molar-refractivity contribution in [1.29, 1.82) is 0 Å². The standard InChI is InChI=1S/2C5H5.C2H7Si.2CH3.Zr/c2*1-2-4-5-3-1;1-3-2;;;/h2*1-5H;3H,1-2H3;2*1H3;/q2*-1;;2*-1;+4. The molecule has 0 saturated heterocycles. The van der Waals surface area contributed by atoms with Crippen molar-refractivity contribution in [3.05, 3.63) is 75.5 Å². The fourth-order valence-corrected chi connectivity index (χ4v) is 0.642. The zero-order chi connectivity index (χ0) is 9.78. The number of hydrogen-bond acceptors (Lipinski definition) is 0. The molecule has 0 fully saturated rings. The number of hydrogen-bond donors (Lipinski definition) is 0. The second-order valence-electron chi connectivity index (χ2n) is 2.50. The number of rotatable bonds is 0. The van der Waals surface area contributed by atoms with Crippen molar-refractivity contribution in [2.24, 2.45) is 0 Å². The Morgan fingerprint density at radius 2 is 0.875 bits per heavy atom. The van der Waals surface area contributed by atoms with Crippen molar-refractivity contribution in [3.63, 3.8) is 0 Å². The van der Waals surface area contributed by atoms with Gasteiger partial charge in [0, 0.05) is 9.52 Å². The van der Waals surface area contributed by atoms with Gasteiger partial charge in [-0.15, -0.1) is 0 Å². The van der Waals surface area contributed by atoms with E-state index < -0.39 is 0 Å². The molecule has 0 aliphatic rings. The molecule has 0 atom stereocenters. The smallest absolute Gasteiger partial charge is 0.358 e. The van der Waals surface area contributed by atoms with Gasteiger partial charge in [-0.3, -0.25) is 0 Å². The van der Waals surface area contributed by atoms with Crippen LogP contribution in [0.5, 0.6) is 0 Å². The van der Waals surface area contributed by atoms with E-state index in [1.54, 1.807) is 0 Å². The van der Waals surface area contributed by atoms with Crippen molar-refractivity contribution in [2.45, 2.75) is 13.1 Å². The van der Waals surface area contributed by atoms with Gasteiger partial charge >= 0.3 is 26.2 Å². The second-order valence-corrected chi connectivity index (χ2v) is 3.66. The Morgan fingerprint density at radius 1 is 0.688 bits per heavy atom. The van der Waals surface area contributed by atoms with Crippen LogP contribution < -0.4 is 0 Å². The molecule has 0 aliphatic heterocycles. The van der Waals surface area contributed by atoms with Gasteiger partial charge in [-0.25, -0.2) is 24.3 Å². The molecule has 0 aromatic heterocycles. The average molecular weight is 311 g/mol. The van der Waals surface area contributed by atoms with Crippen LogP contribution in [0.25, 0.3) is 0 Å². The summed E-state index contributed by atoms with van der Waals surface area (Å²) < 4.78 is 0. The quantitative estimate of drug-likeness (QED) is 0.504. The second kappa shape index (κ2) is 24.2. The van der Waals surface area contributed by atoms with E-state index in [-0.39, 0.29) is 41.1 Å². The molecule has 0 N–H and O–H groups in total. The maximum atomic E-state index is 2.21. The third kappa shape index (κ3) is 23.5. The molecule has 2 heteroatoms. The molecule has 0 aliphatic carbocycles. The Bertz CT molecular complexity index is 162. The van der Waals surface area contributed by atoms with Gasteiger partial charge in [0.25, 0.3) is 0 Å². The van der Waals surface area contributed by atoms with Crippen LogP contribution in [0.2, 0.25) is 13.1 Å². The zero-order valence-corrected chi connectivity index (χ0v) is 14.5. The van der Waals surface area contributed by atoms with Crippen LogP contribution in [0.1, 0.15) is 0 Å². The summed E-state index contributed by atoms with van der Waals surface area (Å²) in [6.45, 7) is 4.42. The minimum atomic E-state index is 0. The van der Waals surface area contributed by atoms with Crippen molar-refractivity contribution in [2.75, 3.05) is 0 Å². The van der Waals surface area contributed by atoms with E-state index in [1.807, 2.05) is 60.7 Å². The summed E-state index contributed by atoms with van der Waals surface area (Å²) in [6.07, 6.45) is 0. The molecule has 0 spiro atoms. The van der Waals surface area contributed by atoms with Gasteiger partial charge < -0.3 is 14.9 Å². The van der Waals surface area contributed by atoms with E-state index in [4.69, 9.17) is 0 Å². The Kier molecular flexibility index (Phi) is 37.5. The van der Waals surface area contributed by atoms with Gasteiger partial charge in [-0.1, -0.05) is 13.1 Å². The molecule has 87 valence electrons. The fourth-order valence-electron chi connectivity index (χ4n) is 0.642. The summed E-state index contributed by atoms with van der Waals surface area (Å²) in [4.78, 5) is 0. The van der Waals surface area contributed by atoms with Gasteiger partial charge in [-0.2, -0.15) is 36.4 Å². The van der Waals surface area contributed by atoms with E-state index in [0.717, 1.165) is 9.52 Å². The molecule has 2 rings (SSSR count). The predicted octanol–water partition coefficient (Wildman–Crippen LogP) is 4.23. The van der Waals surface area contributed by atoms with E-state index >= 15 is 0 Å². The third-order valence-corrected chi connectivity index (χ3v) is 1.11. The van der Waals surface area contributed by atoms with Gasteiger partial charge in [0.2, 0.25) is 0 Å². The first-order valence-corrected chi connectivity index (χ1v) is 6.80. The van der Waals surface area contributed by atoms with Crippen LogP contribution in [0, 0.1) is 14.9 Å². The zero-order valence-electron chi connectivity index (χ0n) is 10.9. The molecule has 1 radical (unpaired) electrons. The molecular weight excluding hydrogens is 287 g/mol. The van der Waals surface area contributed by atoms with E-state index in [9.17, 15) is 0 Å². The van der Waals surface area contributed by atoms with E-state index in [1.165, 1.54) is 0 Å². The summed E-state index contributed by atoms with van der Waals surface area (Å²) in [5, 5.41) is 0. The van der Waals surface area contributed by atoms with Crippen molar-refractivity contribution >= 4 is 9.52 Å². The third-order valence-electron chi connectivity index (χ3n) is 1.11. The molecule has 0 saturated carbocycles. The van der Waals surface area contributed by atoms with Gasteiger partial charge in [-0.05, 0) is 0 Å². The molecule has 2 aromatic rings. The van der Waals surface area contributed by atoms with Crippen molar-refractivity contribution < 1.29 is 26.2 Å². The van der Waals surface area contributed by atoms with Crippen molar-refractivity contribution in [3.8, 4) is 0 Å². The van der Waals surface area contributed by atoms with Crippen LogP contribution >= 0.6 is 0 Å². The minimum Gasteiger partial charge on any atom is -0.358 e. The van der Waals surface area contributed by atoms with Gasteiger partial charge in [0.1, 0.15) is 0 Å². The Morgan fingerprint density at radius 3 is 0.938 bits per heavy atom. The summed E-state index contributed by atoms with van der Waals surface area (Å²) in [5.74, 6) is 0. The predicted molar refractivity (Wildman–Crippen MR) is 75.8 cm³/mol. The first-order chi connectivity index (χ1) is 6.41. The first-order valence-electron chi connectivity index (χ1n) is 4.49. The first kappa shape index (κ1) is 24.9. The summed E-state index contributed by atoms with van der Waals surface area (Å²) in [7, 11) is 0.750. The normalized spacial score (nSPS) is 6.12. The van der Waals surface area contributed by atoms with Gasteiger partial charge in [0.05, 0.1) is 0 Å². The van der Waals surface area contributed by atoms with Crippen LogP contribution in [0.4, 0.5) is 0 Å². The molecule has 0 amide bonds. The summed E-state index contributed by atoms with van der Waals surface area (Å²) in [6, 6.07) is 20.0. The van der Waals surface area contributed by atoms with Crippen LogP contribution in [-0.2, 0) is 26.2 Å². The van der Waals surface area contributed by atoms with Gasteiger partial charge in [0.15, 0.2) is 0 Å². The minimum absolute atomic E-state index is 0. The van der Waals surface area contributed by atoms with Crippen LogP contribution in [0.3, 0.4) is 0 Å². The Hall–Kier alpha value is -0.200. The van der Waals surface area contributed by atoms with Crippen LogP contribution in [0.15, 0.2) is 60.7 Å².